The Morgan fingerprint density at radius 3 is 1.69 bits per heavy atom. The van der Waals surface area contributed by atoms with Gasteiger partial charge < -0.3 is 13.9 Å². The maximum absolute atomic E-state index is 9.87. The molecule has 0 unspecified atom stereocenters. The van der Waals surface area contributed by atoms with E-state index in [0.29, 0.717) is 16.9 Å². The van der Waals surface area contributed by atoms with Gasteiger partial charge in [-0.3, -0.25) is 0 Å². The largest absolute Gasteiger partial charge is 0.456 e. The summed E-state index contributed by atoms with van der Waals surface area (Å²) < 4.78 is 47.9. The molecule has 0 bridgehead atoms. The van der Waals surface area contributed by atoms with Crippen LogP contribution in [-0.2, 0) is 0 Å². The van der Waals surface area contributed by atoms with Gasteiger partial charge in [0.25, 0.3) is 0 Å². The molecule has 13 rings (SSSR count). The molecule has 13 aromatic rings. The highest BCUT2D eigenvalue weighted by molar-refractivity contribution is 6.17. The fourth-order valence-corrected chi connectivity index (χ4v) is 9.83. The molecule has 0 fully saturated rings. The van der Waals surface area contributed by atoms with Gasteiger partial charge in [0.05, 0.1) is 22.2 Å². The molecule has 304 valence electrons. The quantitative estimate of drug-likeness (QED) is 0.160. The van der Waals surface area contributed by atoms with E-state index in [1.54, 1.807) is 0 Å². The van der Waals surface area contributed by atoms with E-state index in [9.17, 15) is 5.48 Å². The number of hydrogen-bond acceptors (Lipinski definition) is 2. The summed E-state index contributed by atoms with van der Waals surface area (Å²) in [7, 11) is 0. The molecule has 0 aliphatic heterocycles. The zero-order valence-electron chi connectivity index (χ0n) is 39.1. The van der Waals surface area contributed by atoms with Crippen molar-refractivity contribution < 1.29 is 9.90 Å². The summed E-state index contributed by atoms with van der Waals surface area (Å²) >= 11 is 0. The van der Waals surface area contributed by atoms with Crippen molar-refractivity contribution in [2.75, 3.05) is 4.90 Å². The summed E-state index contributed by atoms with van der Waals surface area (Å²) in [5, 5.41) is 8.73. The van der Waals surface area contributed by atoms with E-state index in [4.69, 9.17) is 4.42 Å². The van der Waals surface area contributed by atoms with E-state index in [1.807, 2.05) is 102 Å². The van der Waals surface area contributed by atoms with Crippen LogP contribution in [0, 0.1) is 0 Å². The summed E-state index contributed by atoms with van der Waals surface area (Å²) in [6.07, 6.45) is 0. The lowest BCUT2D eigenvalue weighted by molar-refractivity contribution is 0.669. The van der Waals surface area contributed by atoms with Crippen molar-refractivity contribution in [3.05, 3.63) is 243 Å². The number of hydrogen-bond donors (Lipinski definition) is 0. The van der Waals surface area contributed by atoms with Crippen LogP contribution >= 0.6 is 0 Å². The normalized spacial score (nSPS) is 12.6. The number of anilines is 3. The molecule has 3 nitrogen and oxygen atoms in total. The lowest BCUT2D eigenvalue weighted by Crippen LogP contribution is -2.11. The molecule has 0 spiro atoms. The molecule has 0 N–H and O–H groups in total. The molecule has 2 aromatic heterocycles. The molecule has 0 saturated carbocycles. The Kier molecular flexibility index (Phi) is 7.61. The Morgan fingerprint density at radius 1 is 0.369 bits per heavy atom. The molecule has 0 aliphatic rings. The van der Waals surface area contributed by atoms with Crippen molar-refractivity contribution in [3.8, 4) is 39.1 Å². The molecular formula is C62H40N2O. The number of aromatic nitrogens is 1. The van der Waals surface area contributed by atoms with E-state index >= 15 is 0 Å². The van der Waals surface area contributed by atoms with Crippen LogP contribution < -0.4 is 4.90 Å². The van der Waals surface area contributed by atoms with Gasteiger partial charge in [-0.05, 0) is 122 Å². The minimum absolute atomic E-state index is 0.122. The van der Waals surface area contributed by atoms with Crippen LogP contribution in [0.2, 0.25) is 0 Å². The van der Waals surface area contributed by atoms with Gasteiger partial charge in [0.15, 0.2) is 0 Å². The second-order valence-corrected chi connectivity index (χ2v) is 16.5. The molecule has 2 heterocycles. The van der Waals surface area contributed by atoms with Gasteiger partial charge in [0.1, 0.15) is 11.2 Å². The molecule has 0 aliphatic carbocycles. The number of benzene rings is 11. The zero-order chi connectivity index (χ0) is 46.3. The van der Waals surface area contributed by atoms with Crippen LogP contribution in [0.15, 0.2) is 247 Å². The Hall–Kier alpha value is -8.66. The van der Waals surface area contributed by atoms with E-state index in [2.05, 4.69) is 126 Å². The zero-order valence-corrected chi connectivity index (χ0v) is 35.1. The topological polar surface area (TPSA) is 21.3 Å². The fraction of sp³-hybridized carbons (Fsp3) is 0. The highest BCUT2D eigenvalue weighted by Crippen LogP contribution is 2.46. The first-order valence-corrected chi connectivity index (χ1v) is 21.9. The summed E-state index contributed by atoms with van der Waals surface area (Å²) in [5.74, 6) is 0. The molecule has 0 saturated heterocycles. The van der Waals surface area contributed by atoms with Gasteiger partial charge in [-0.25, -0.2) is 0 Å². The Morgan fingerprint density at radius 2 is 0.938 bits per heavy atom. The summed E-state index contributed by atoms with van der Waals surface area (Å²) in [6, 6.07) is 73.5. The minimum Gasteiger partial charge on any atom is -0.456 e. The second-order valence-electron chi connectivity index (χ2n) is 16.5. The SMILES string of the molecule is [2H]c1c([2H])c(N(c2ccc(-n3c4ccccc4c4ccccc43)cc2)c2ccccc2-c2cccc3oc4cc5ccccc5cc4c23)c([2H])c([2H])c1-c1ccc(-c2cccc3ccccc23)cc1. The van der Waals surface area contributed by atoms with E-state index in [0.717, 1.165) is 93.2 Å². The Bertz CT molecular complexity index is 4100. The van der Waals surface area contributed by atoms with Gasteiger partial charge >= 0.3 is 0 Å². The molecule has 0 amide bonds. The second kappa shape index (κ2) is 15.0. The molecule has 0 radical (unpaired) electrons. The third kappa shape index (κ3) is 6.12. The number of furan rings is 1. The smallest absolute Gasteiger partial charge is 0.136 e. The lowest BCUT2D eigenvalue weighted by atomic mass is 9.95. The summed E-state index contributed by atoms with van der Waals surface area (Å²) in [5.41, 5.74) is 10.9. The Labute approximate surface area is 381 Å². The van der Waals surface area contributed by atoms with Crippen molar-refractivity contribution >= 4 is 82.4 Å². The monoisotopic (exact) mass is 832 g/mol. The van der Waals surface area contributed by atoms with Crippen molar-refractivity contribution in [1.29, 1.82) is 0 Å². The van der Waals surface area contributed by atoms with Gasteiger partial charge in [0, 0.05) is 44.2 Å². The minimum atomic E-state index is -0.149. The standard InChI is InChI=1S/C62H40N2O/c1-2-15-46-40-61-56(39-45(46)14-1)62-55(22-12-26-60(62)65-61)54-20-7-8-23-57(54)63(48-35-37-49(38-36-48)64-58-24-9-5-18-52(58)53-19-6-10-25-59(53)64)47-33-31-42(32-34-47)41-27-29-44(30-28-41)51-21-11-16-43-13-3-4-17-50(43)51/h1-40H/i31D,32D,33D,34D. The first-order valence-electron chi connectivity index (χ1n) is 23.9. The number of fused-ring (bicyclic) bond motifs is 8. The summed E-state index contributed by atoms with van der Waals surface area (Å²) in [6.45, 7) is 0. The molecule has 3 heteroatoms. The maximum Gasteiger partial charge on any atom is 0.136 e. The van der Waals surface area contributed by atoms with Crippen molar-refractivity contribution in [2.45, 2.75) is 0 Å². The average Bonchev–Trinajstić information content (AvgIpc) is 3.94. The predicted octanol–water partition coefficient (Wildman–Crippen LogP) is 17.5. The molecular weight excluding hydrogens is 789 g/mol. The van der Waals surface area contributed by atoms with Gasteiger partial charge in [-0.15, -0.1) is 0 Å². The van der Waals surface area contributed by atoms with Crippen LogP contribution in [-0.4, -0.2) is 4.57 Å². The van der Waals surface area contributed by atoms with Crippen molar-refractivity contribution in [2.24, 2.45) is 0 Å². The highest BCUT2D eigenvalue weighted by Gasteiger charge is 2.21. The molecule has 65 heavy (non-hydrogen) atoms. The number of para-hydroxylation sites is 3. The maximum atomic E-state index is 9.87. The van der Waals surface area contributed by atoms with Crippen LogP contribution in [0.25, 0.3) is 104 Å². The van der Waals surface area contributed by atoms with Crippen LogP contribution in [0.5, 0.6) is 0 Å². The van der Waals surface area contributed by atoms with Gasteiger partial charge in [0.2, 0.25) is 0 Å². The first kappa shape index (κ1) is 33.0. The average molecular weight is 833 g/mol. The summed E-state index contributed by atoms with van der Waals surface area (Å²) in [4.78, 5) is 1.90. The predicted molar refractivity (Wildman–Crippen MR) is 274 cm³/mol. The fourth-order valence-electron chi connectivity index (χ4n) is 9.83. The Balaban J connectivity index is 1.01. The molecule has 0 atom stereocenters. The van der Waals surface area contributed by atoms with E-state index in [1.165, 1.54) is 0 Å². The number of rotatable bonds is 7. The van der Waals surface area contributed by atoms with Crippen LogP contribution in [0.4, 0.5) is 17.1 Å². The molecule has 11 aromatic carbocycles. The van der Waals surface area contributed by atoms with Crippen LogP contribution in [0.3, 0.4) is 0 Å². The first-order chi connectivity index (χ1) is 33.9. The van der Waals surface area contributed by atoms with E-state index < -0.39 is 0 Å². The van der Waals surface area contributed by atoms with Gasteiger partial charge in [-0.2, -0.15) is 0 Å². The third-order valence-corrected chi connectivity index (χ3v) is 12.9. The van der Waals surface area contributed by atoms with Crippen LogP contribution in [0.1, 0.15) is 5.48 Å². The van der Waals surface area contributed by atoms with Crippen molar-refractivity contribution in [1.82, 2.24) is 4.57 Å². The third-order valence-electron chi connectivity index (χ3n) is 12.9. The van der Waals surface area contributed by atoms with E-state index in [-0.39, 0.29) is 35.4 Å². The van der Waals surface area contributed by atoms with Crippen molar-refractivity contribution in [3.63, 3.8) is 0 Å². The number of nitrogens with zero attached hydrogens (tertiary/aromatic N) is 2. The lowest BCUT2D eigenvalue weighted by Gasteiger charge is -2.28. The highest BCUT2D eigenvalue weighted by atomic mass is 16.3. The van der Waals surface area contributed by atoms with Gasteiger partial charge in [-0.1, -0.05) is 170 Å².